The molecular formula is C14H24O2. The molecule has 92 valence electrons. The fraction of sp³-hybridized carbons (Fsp3) is 0.857. The van der Waals surface area contributed by atoms with E-state index in [0.717, 1.165) is 25.7 Å². The second-order valence-corrected chi connectivity index (χ2v) is 4.98. The monoisotopic (exact) mass is 224 g/mol. The SMILES string of the molecule is CCC1CCCCCCCCC(=O)C(=O)C1. The van der Waals surface area contributed by atoms with E-state index in [1.165, 1.54) is 25.7 Å². The Kier molecular flexibility index (Phi) is 6.36. The standard InChI is InChI=1S/C14H24O2/c1-2-12-9-7-5-3-4-6-8-10-13(15)14(16)11-12/h12H,2-11H2,1H3. The minimum Gasteiger partial charge on any atom is -0.291 e. The third kappa shape index (κ3) is 4.91. The van der Waals surface area contributed by atoms with Crippen LogP contribution in [0.4, 0.5) is 0 Å². The lowest BCUT2D eigenvalue weighted by Crippen LogP contribution is -2.18. The second kappa shape index (κ2) is 7.59. The summed E-state index contributed by atoms with van der Waals surface area (Å²) in [6.07, 6.45) is 10.2. The van der Waals surface area contributed by atoms with Crippen LogP contribution in [0.1, 0.15) is 71.1 Å². The Morgan fingerprint density at radius 2 is 1.56 bits per heavy atom. The largest absolute Gasteiger partial charge is 0.291 e. The molecule has 0 N–H and O–H groups in total. The van der Waals surface area contributed by atoms with E-state index in [1.807, 2.05) is 0 Å². The average Bonchev–Trinajstić information content (AvgIpc) is 2.28. The lowest BCUT2D eigenvalue weighted by Gasteiger charge is -2.14. The molecule has 0 aromatic carbocycles. The molecule has 0 aromatic heterocycles. The van der Waals surface area contributed by atoms with E-state index < -0.39 is 0 Å². The molecule has 1 rings (SSSR count). The van der Waals surface area contributed by atoms with Gasteiger partial charge in [0.25, 0.3) is 0 Å². The first-order chi connectivity index (χ1) is 7.74. The molecule has 1 fully saturated rings. The first kappa shape index (κ1) is 13.4. The van der Waals surface area contributed by atoms with E-state index in [0.29, 0.717) is 18.8 Å². The van der Waals surface area contributed by atoms with Crippen molar-refractivity contribution in [2.75, 3.05) is 0 Å². The van der Waals surface area contributed by atoms with Crippen LogP contribution in [-0.2, 0) is 9.59 Å². The number of hydrogen-bond acceptors (Lipinski definition) is 2. The summed E-state index contributed by atoms with van der Waals surface area (Å²) in [5.41, 5.74) is 0. The maximum Gasteiger partial charge on any atom is 0.198 e. The summed E-state index contributed by atoms with van der Waals surface area (Å²) < 4.78 is 0. The Bertz CT molecular complexity index is 233. The van der Waals surface area contributed by atoms with Crippen molar-refractivity contribution >= 4 is 11.6 Å². The van der Waals surface area contributed by atoms with Gasteiger partial charge in [-0.1, -0.05) is 51.9 Å². The average molecular weight is 224 g/mol. The van der Waals surface area contributed by atoms with Gasteiger partial charge >= 0.3 is 0 Å². The Balaban J connectivity index is 2.47. The zero-order chi connectivity index (χ0) is 11.8. The predicted octanol–water partition coefficient (Wildman–Crippen LogP) is 3.68. The van der Waals surface area contributed by atoms with Crippen LogP contribution in [0.3, 0.4) is 0 Å². The quantitative estimate of drug-likeness (QED) is 0.637. The van der Waals surface area contributed by atoms with Gasteiger partial charge < -0.3 is 0 Å². The number of carbonyl (C=O) groups is 2. The van der Waals surface area contributed by atoms with Gasteiger partial charge in [-0.05, 0) is 12.3 Å². The van der Waals surface area contributed by atoms with Crippen LogP contribution in [0.15, 0.2) is 0 Å². The van der Waals surface area contributed by atoms with E-state index in [4.69, 9.17) is 0 Å². The van der Waals surface area contributed by atoms with Crippen molar-refractivity contribution < 1.29 is 9.59 Å². The van der Waals surface area contributed by atoms with Crippen molar-refractivity contribution in [3.05, 3.63) is 0 Å². The summed E-state index contributed by atoms with van der Waals surface area (Å²) in [6.45, 7) is 2.12. The third-order valence-corrected chi connectivity index (χ3v) is 3.63. The molecule has 1 unspecified atom stereocenters. The number of carbonyl (C=O) groups excluding carboxylic acids is 2. The Labute approximate surface area is 98.8 Å². The van der Waals surface area contributed by atoms with Crippen molar-refractivity contribution in [3.8, 4) is 0 Å². The molecule has 2 heteroatoms. The maximum atomic E-state index is 11.6. The summed E-state index contributed by atoms with van der Waals surface area (Å²) in [5, 5.41) is 0. The predicted molar refractivity (Wildman–Crippen MR) is 65.3 cm³/mol. The van der Waals surface area contributed by atoms with Gasteiger partial charge in [-0.15, -0.1) is 0 Å². The second-order valence-electron chi connectivity index (χ2n) is 4.98. The molecule has 1 saturated carbocycles. The van der Waals surface area contributed by atoms with Gasteiger partial charge in [0.05, 0.1) is 0 Å². The number of hydrogen-bond donors (Lipinski definition) is 0. The van der Waals surface area contributed by atoms with E-state index >= 15 is 0 Å². The minimum absolute atomic E-state index is 0.118. The Hall–Kier alpha value is -0.660. The lowest BCUT2D eigenvalue weighted by atomic mass is 9.90. The molecule has 2 nitrogen and oxygen atoms in total. The fourth-order valence-corrected chi connectivity index (χ4v) is 2.39. The summed E-state index contributed by atoms with van der Waals surface area (Å²) in [5.74, 6) is 0.197. The highest BCUT2D eigenvalue weighted by Crippen LogP contribution is 2.20. The number of Topliss-reactive ketones (excluding diaryl/α,β-unsaturated/α-hetero) is 2. The van der Waals surface area contributed by atoms with Crippen LogP contribution >= 0.6 is 0 Å². The van der Waals surface area contributed by atoms with Crippen LogP contribution in [0.2, 0.25) is 0 Å². The van der Waals surface area contributed by atoms with E-state index in [1.54, 1.807) is 0 Å². The maximum absolute atomic E-state index is 11.6. The Morgan fingerprint density at radius 1 is 0.938 bits per heavy atom. The van der Waals surface area contributed by atoms with Crippen LogP contribution in [-0.4, -0.2) is 11.6 Å². The lowest BCUT2D eigenvalue weighted by molar-refractivity contribution is -0.137. The molecule has 0 saturated heterocycles. The zero-order valence-corrected chi connectivity index (χ0v) is 10.5. The molecule has 0 radical (unpaired) electrons. The zero-order valence-electron chi connectivity index (χ0n) is 10.5. The first-order valence-corrected chi connectivity index (χ1v) is 6.80. The van der Waals surface area contributed by atoms with E-state index in [-0.39, 0.29) is 11.6 Å². The fourth-order valence-electron chi connectivity index (χ4n) is 2.39. The molecule has 0 heterocycles. The van der Waals surface area contributed by atoms with Crippen LogP contribution < -0.4 is 0 Å². The van der Waals surface area contributed by atoms with Crippen molar-refractivity contribution in [1.82, 2.24) is 0 Å². The van der Waals surface area contributed by atoms with Crippen LogP contribution in [0, 0.1) is 5.92 Å². The third-order valence-electron chi connectivity index (χ3n) is 3.63. The highest BCUT2D eigenvalue weighted by molar-refractivity contribution is 6.37. The van der Waals surface area contributed by atoms with Gasteiger partial charge in [0, 0.05) is 12.8 Å². The summed E-state index contributed by atoms with van der Waals surface area (Å²) in [4.78, 5) is 23.2. The molecule has 1 atom stereocenters. The van der Waals surface area contributed by atoms with Gasteiger partial charge in [0.15, 0.2) is 11.6 Å². The molecule has 0 amide bonds. The van der Waals surface area contributed by atoms with E-state index in [9.17, 15) is 9.59 Å². The molecular weight excluding hydrogens is 200 g/mol. The number of rotatable bonds is 1. The molecule has 16 heavy (non-hydrogen) atoms. The van der Waals surface area contributed by atoms with Gasteiger partial charge in [-0.2, -0.15) is 0 Å². The van der Waals surface area contributed by atoms with Gasteiger partial charge in [0.1, 0.15) is 0 Å². The smallest absolute Gasteiger partial charge is 0.198 e. The van der Waals surface area contributed by atoms with Crippen LogP contribution in [0.5, 0.6) is 0 Å². The van der Waals surface area contributed by atoms with Crippen molar-refractivity contribution in [1.29, 1.82) is 0 Å². The van der Waals surface area contributed by atoms with Gasteiger partial charge in [-0.3, -0.25) is 9.59 Å². The highest BCUT2D eigenvalue weighted by atomic mass is 16.2. The minimum atomic E-state index is -0.126. The topological polar surface area (TPSA) is 34.1 Å². The summed E-state index contributed by atoms with van der Waals surface area (Å²) >= 11 is 0. The molecule has 1 aliphatic carbocycles. The van der Waals surface area contributed by atoms with Crippen molar-refractivity contribution in [2.45, 2.75) is 71.1 Å². The van der Waals surface area contributed by atoms with Crippen molar-refractivity contribution in [3.63, 3.8) is 0 Å². The van der Waals surface area contributed by atoms with Gasteiger partial charge in [-0.25, -0.2) is 0 Å². The normalized spacial score (nSPS) is 25.9. The van der Waals surface area contributed by atoms with Crippen LogP contribution in [0.25, 0.3) is 0 Å². The molecule has 0 spiro atoms. The molecule has 0 bridgehead atoms. The first-order valence-electron chi connectivity index (χ1n) is 6.80. The Morgan fingerprint density at radius 3 is 2.25 bits per heavy atom. The summed E-state index contributed by atoms with van der Waals surface area (Å²) in [7, 11) is 0. The highest BCUT2D eigenvalue weighted by Gasteiger charge is 2.18. The molecule has 1 aliphatic rings. The summed E-state index contributed by atoms with van der Waals surface area (Å²) in [6, 6.07) is 0. The van der Waals surface area contributed by atoms with E-state index in [2.05, 4.69) is 6.92 Å². The van der Waals surface area contributed by atoms with Crippen molar-refractivity contribution in [2.24, 2.45) is 5.92 Å². The number of ketones is 2. The molecule has 0 aliphatic heterocycles. The van der Waals surface area contributed by atoms with Gasteiger partial charge in [0.2, 0.25) is 0 Å². The molecule has 0 aromatic rings.